The maximum absolute atomic E-state index is 12.4. The molecule has 5 rings (SSSR count). The fourth-order valence-electron chi connectivity index (χ4n) is 5.22. The molecule has 2 aromatic rings. The monoisotopic (exact) mass is 600 g/mol. The van der Waals surface area contributed by atoms with E-state index in [1.165, 1.54) is 10.9 Å². The number of amides is 3. The maximum atomic E-state index is 12.4. The third kappa shape index (κ3) is 7.32. The number of rotatable bonds is 6. The number of aliphatic hydroxyl groups is 2. The molecule has 0 bridgehead atoms. The minimum absolute atomic E-state index is 0.0144. The number of nitrogens with two attached hydrogens (primary N) is 1. The molecule has 3 amide bonds. The van der Waals surface area contributed by atoms with Gasteiger partial charge >= 0.3 is 6.09 Å². The topological polar surface area (TPSA) is 207 Å². The van der Waals surface area contributed by atoms with Crippen LogP contribution in [0.3, 0.4) is 0 Å². The normalized spacial score (nSPS) is 25.4. The molecule has 3 saturated heterocycles. The first-order valence-electron chi connectivity index (χ1n) is 14.7. The number of likely N-dealkylation sites (N-methyl/N-ethyl adjacent to an activating group) is 1. The van der Waals surface area contributed by atoms with Crippen LogP contribution in [-0.2, 0) is 19.1 Å². The number of anilines is 1. The molecule has 3 aliphatic rings. The van der Waals surface area contributed by atoms with E-state index in [4.69, 9.17) is 15.2 Å². The van der Waals surface area contributed by atoms with Gasteiger partial charge in [0.2, 0.25) is 11.7 Å². The Kier molecular flexibility index (Phi) is 10.7. The minimum Gasteiger partial charge on any atom is -0.449 e. The Morgan fingerprint density at radius 1 is 1.21 bits per heavy atom. The number of nitrogens with one attached hydrogen (secondary N) is 2. The SMILES string of the molecule is CC.CCNC(=O)[C@H]1O[C@@H](n2cnc3c(N)nc(C#CCC4CCN(C(=O)OCC5CNC(=O)C5)CC4)nc32)[C@@H](O)C1O. The lowest BCUT2D eigenvalue weighted by molar-refractivity contribution is -0.137. The third-order valence-electron chi connectivity index (χ3n) is 7.54. The van der Waals surface area contributed by atoms with Crippen molar-refractivity contribution in [3.63, 3.8) is 0 Å². The average molecular weight is 601 g/mol. The van der Waals surface area contributed by atoms with Crippen LogP contribution in [-0.4, -0.2) is 104 Å². The van der Waals surface area contributed by atoms with Crippen LogP contribution in [0.4, 0.5) is 10.6 Å². The number of fused-ring (bicyclic) bond motifs is 1. The largest absolute Gasteiger partial charge is 0.449 e. The molecule has 6 N–H and O–H groups in total. The van der Waals surface area contributed by atoms with E-state index in [9.17, 15) is 24.6 Å². The van der Waals surface area contributed by atoms with E-state index in [0.717, 1.165) is 12.8 Å². The molecule has 5 heterocycles. The maximum Gasteiger partial charge on any atom is 0.409 e. The number of carbonyl (C=O) groups is 3. The van der Waals surface area contributed by atoms with Gasteiger partial charge in [-0.2, -0.15) is 0 Å². The van der Waals surface area contributed by atoms with E-state index in [1.807, 2.05) is 13.8 Å². The third-order valence-corrected chi connectivity index (χ3v) is 7.54. The lowest BCUT2D eigenvalue weighted by Crippen LogP contribution is -2.42. The molecule has 2 aromatic heterocycles. The summed E-state index contributed by atoms with van der Waals surface area (Å²) in [4.78, 5) is 50.5. The summed E-state index contributed by atoms with van der Waals surface area (Å²) in [6.45, 7) is 7.98. The summed E-state index contributed by atoms with van der Waals surface area (Å²) in [5, 5.41) is 26.3. The number of nitrogen functional groups attached to an aromatic ring is 1. The Bertz CT molecular complexity index is 1360. The second kappa shape index (κ2) is 14.5. The van der Waals surface area contributed by atoms with Crippen molar-refractivity contribution in [1.29, 1.82) is 0 Å². The molecule has 43 heavy (non-hydrogen) atoms. The molecule has 0 aliphatic carbocycles. The average Bonchev–Trinajstić information content (AvgIpc) is 3.70. The number of likely N-dealkylation sites (tertiary alicyclic amines) is 1. The summed E-state index contributed by atoms with van der Waals surface area (Å²) in [6.07, 6.45) is -1.71. The molecule has 0 aromatic carbocycles. The molecular weight excluding hydrogens is 560 g/mol. The van der Waals surface area contributed by atoms with Gasteiger partial charge in [0.15, 0.2) is 23.8 Å². The van der Waals surface area contributed by atoms with Gasteiger partial charge in [0.05, 0.1) is 12.9 Å². The zero-order chi connectivity index (χ0) is 31.1. The van der Waals surface area contributed by atoms with Crippen molar-refractivity contribution < 1.29 is 34.1 Å². The Hall–Kier alpha value is -4.00. The second-order valence-corrected chi connectivity index (χ2v) is 10.5. The van der Waals surface area contributed by atoms with Gasteiger partial charge in [0.1, 0.15) is 17.7 Å². The Morgan fingerprint density at radius 3 is 2.63 bits per heavy atom. The summed E-state index contributed by atoms with van der Waals surface area (Å²) in [5.41, 5.74) is 6.62. The predicted octanol–water partition coefficient (Wildman–Crippen LogP) is -0.0837. The summed E-state index contributed by atoms with van der Waals surface area (Å²) >= 11 is 0. The lowest BCUT2D eigenvalue weighted by Gasteiger charge is -2.30. The number of nitrogens with zero attached hydrogens (tertiary/aromatic N) is 5. The molecular formula is C28H40N8O7. The number of hydrogen-bond donors (Lipinski definition) is 5. The van der Waals surface area contributed by atoms with Crippen molar-refractivity contribution in [2.45, 2.75) is 71.0 Å². The first-order valence-corrected chi connectivity index (χ1v) is 14.7. The number of piperidine rings is 1. The van der Waals surface area contributed by atoms with Gasteiger partial charge < -0.3 is 41.0 Å². The first-order chi connectivity index (χ1) is 20.7. The van der Waals surface area contributed by atoms with E-state index in [-0.39, 0.29) is 53.2 Å². The van der Waals surface area contributed by atoms with Crippen molar-refractivity contribution in [3.8, 4) is 11.8 Å². The van der Waals surface area contributed by atoms with Gasteiger partial charge in [-0.15, -0.1) is 0 Å². The summed E-state index contributed by atoms with van der Waals surface area (Å²) in [7, 11) is 0. The molecule has 3 fully saturated rings. The first kappa shape index (κ1) is 31.9. The molecule has 15 heteroatoms. The summed E-state index contributed by atoms with van der Waals surface area (Å²) in [6, 6.07) is 0. The van der Waals surface area contributed by atoms with Gasteiger partial charge in [-0.1, -0.05) is 19.8 Å². The van der Waals surface area contributed by atoms with Crippen LogP contribution in [0.5, 0.6) is 0 Å². The molecule has 2 unspecified atom stereocenters. The van der Waals surface area contributed by atoms with E-state index in [1.54, 1.807) is 11.8 Å². The fourth-order valence-corrected chi connectivity index (χ4v) is 5.22. The molecule has 3 aliphatic heterocycles. The van der Waals surface area contributed by atoms with Crippen LogP contribution in [0.1, 0.15) is 58.5 Å². The molecule has 0 saturated carbocycles. The molecule has 0 spiro atoms. The summed E-state index contributed by atoms with van der Waals surface area (Å²) in [5.74, 6) is 6.05. The Labute approximate surface area is 249 Å². The fraction of sp³-hybridized carbons (Fsp3) is 0.643. The van der Waals surface area contributed by atoms with E-state index < -0.39 is 30.4 Å². The van der Waals surface area contributed by atoms with Crippen LogP contribution < -0.4 is 16.4 Å². The van der Waals surface area contributed by atoms with Crippen LogP contribution in [0.15, 0.2) is 6.33 Å². The Morgan fingerprint density at radius 2 is 1.95 bits per heavy atom. The van der Waals surface area contributed by atoms with Crippen LogP contribution in [0, 0.1) is 23.7 Å². The summed E-state index contributed by atoms with van der Waals surface area (Å²) < 4.78 is 12.5. The van der Waals surface area contributed by atoms with E-state index >= 15 is 0 Å². The highest BCUT2D eigenvalue weighted by atomic mass is 16.6. The van der Waals surface area contributed by atoms with Gasteiger partial charge in [-0.05, 0) is 31.6 Å². The van der Waals surface area contributed by atoms with Crippen molar-refractivity contribution in [1.82, 2.24) is 35.1 Å². The van der Waals surface area contributed by atoms with Gasteiger partial charge in [0, 0.05) is 44.9 Å². The standard InChI is InChI=1S/C26H34N8O7.C2H6/c1-2-28-24(38)21-19(36)20(37)25(41-21)34-13-30-18-22(27)31-16(32-23(18)34)5-3-4-14-6-8-33(9-7-14)26(39)40-12-15-10-17(35)29-11-15;1-2/h13-15,19-21,25,36-37H,2,4,6-12H2,1H3,(H,28,38)(H,29,35)(H2,27,31,32);1-2H3/t15?,19?,20-,21-,25+;/m0./s1. The predicted molar refractivity (Wildman–Crippen MR) is 154 cm³/mol. The lowest BCUT2D eigenvalue weighted by atomic mass is 9.94. The van der Waals surface area contributed by atoms with Crippen LogP contribution in [0.25, 0.3) is 11.2 Å². The quantitative estimate of drug-likeness (QED) is 0.277. The number of ether oxygens (including phenoxy) is 2. The van der Waals surface area contributed by atoms with Gasteiger partial charge in [0.25, 0.3) is 5.91 Å². The highest BCUT2D eigenvalue weighted by Gasteiger charge is 2.47. The molecule has 234 valence electrons. The number of carbonyl (C=O) groups excluding carboxylic acids is 3. The van der Waals surface area contributed by atoms with Crippen LogP contribution in [0.2, 0.25) is 0 Å². The minimum atomic E-state index is -1.44. The number of imidazole rings is 1. The van der Waals surface area contributed by atoms with Gasteiger partial charge in [-0.25, -0.2) is 19.7 Å². The number of aliphatic hydroxyl groups excluding tert-OH is 2. The van der Waals surface area contributed by atoms with Crippen molar-refractivity contribution >= 4 is 34.9 Å². The van der Waals surface area contributed by atoms with E-state index in [0.29, 0.717) is 39.0 Å². The number of aromatic nitrogens is 4. The Balaban J connectivity index is 0.00000207. The zero-order valence-corrected chi connectivity index (χ0v) is 24.7. The van der Waals surface area contributed by atoms with Crippen molar-refractivity contribution in [2.24, 2.45) is 11.8 Å². The molecule has 0 radical (unpaired) electrons. The highest BCUT2D eigenvalue weighted by Crippen LogP contribution is 2.32. The van der Waals surface area contributed by atoms with E-state index in [2.05, 4.69) is 37.4 Å². The van der Waals surface area contributed by atoms with Crippen molar-refractivity contribution in [2.75, 3.05) is 38.5 Å². The van der Waals surface area contributed by atoms with Gasteiger partial charge in [-0.3, -0.25) is 14.2 Å². The second-order valence-electron chi connectivity index (χ2n) is 10.5. The zero-order valence-electron chi connectivity index (χ0n) is 24.7. The molecule has 15 nitrogen and oxygen atoms in total. The van der Waals surface area contributed by atoms with Crippen LogP contribution >= 0.6 is 0 Å². The highest BCUT2D eigenvalue weighted by molar-refractivity contribution is 5.83. The van der Waals surface area contributed by atoms with Crippen molar-refractivity contribution in [3.05, 3.63) is 12.2 Å². The number of hydrogen-bond acceptors (Lipinski definition) is 11. The smallest absolute Gasteiger partial charge is 0.409 e. The molecule has 5 atom stereocenters.